The van der Waals surface area contributed by atoms with Crippen molar-refractivity contribution in [3.63, 3.8) is 0 Å². The maximum Gasteiger partial charge on any atom is 0.347 e. The molecule has 1 atom stereocenters. The number of methoxy groups -OCH3 is 1. The quantitative estimate of drug-likeness (QED) is 0.161. The van der Waals surface area contributed by atoms with Crippen LogP contribution in [0.5, 0.6) is 23.0 Å². The van der Waals surface area contributed by atoms with Gasteiger partial charge in [0.1, 0.15) is 45.6 Å². The molecule has 1 unspecified atom stereocenters. The van der Waals surface area contributed by atoms with Crippen molar-refractivity contribution in [2.75, 3.05) is 7.11 Å². The number of carbonyl (C=O) groups is 5. The Morgan fingerprint density at radius 1 is 0.750 bits per heavy atom. The summed E-state index contributed by atoms with van der Waals surface area (Å²) < 4.78 is 36.9. The first-order chi connectivity index (χ1) is 24.3. The monoisotopic (exact) mass is 780 g/mol. The van der Waals surface area contributed by atoms with Crippen LogP contribution in [0.4, 0.5) is 4.39 Å². The lowest BCUT2D eigenvalue weighted by atomic mass is 9.92. The number of aromatic carboxylic acids is 1. The minimum Gasteiger partial charge on any atom is -0.506 e. The summed E-state index contributed by atoms with van der Waals surface area (Å²) in [4.78, 5) is 64.3. The summed E-state index contributed by atoms with van der Waals surface area (Å²) in [5.41, 5.74) is 2.71. The highest BCUT2D eigenvalue weighted by Crippen LogP contribution is 2.44. The van der Waals surface area contributed by atoms with E-state index < -0.39 is 42.2 Å². The van der Waals surface area contributed by atoms with E-state index in [1.165, 1.54) is 46.1 Å². The van der Waals surface area contributed by atoms with Gasteiger partial charge >= 0.3 is 23.9 Å². The molecule has 1 aliphatic rings. The maximum atomic E-state index is 14.7. The van der Waals surface area contributed by atoms with Crippen molar-refractivity contribution < 1.29 is 57.5 Å². The van der Waals surface area contributed by atoms with E-state index in [0.717, 1.165) is 0 Å². The van der Waals surface area contributed by atoms with E-state index in [4.69, 9.17) is 18.9 Å². The van der Waals surface area contributed by atoms with Gasteiger partial charge in [-0.15, -0.1) is 0 Å². The highest BCUT2D eigenvalue weighted by molar-refractivity contribution is 9.10. The Morgan fingerprint density at radius 3 is 1.83 bits per heavy atom. The molecular weight excluding hydrogens is 743 g/mol. The zero-order valence-corrected chi connectivity index (χ0v) is 31.9. The molecule has 0 aliphatic heterocycles. The lowest BCUT2D eigenvalue weighted by molar-refractivity contribution is -0.137. The fourth-order valence-corrected chi connectivity index (χ4v) is 6.86. The van der Waals surface area contributed by atoms with Crippen LogP contribution in [-0.4, -0.2) is 47.0 Å². The third kappa shape index (κ3) is 6.97. The van der Waals surface area contributed by atoms with Crippen LogP contribution in [0.15, 0.2) is 34.0 Å². The van der Waals surface area contributed by atoms with Gasteiger partial charge in [0.15, 0.2) is 11.5 Å². The summed E-state index contributed by atoms with van der Waals surface area (Å²) >= 11 is 3.23. The van der Waals surface area contributed by atoms with Crippen molar-refractivity contribution in [2.24, 2.45) is 5.92 Å². The summed E-state index contributed by atoms with van der Waals surface area (Å²) in [7, 11) is 1.32. The van der Waals surface area contributed by atoms with Gasteiger partial charge in [-0.25, -0.2) is 18.8 Å². The molecular formula is C39H38BrFO11. The second kappa shape index (κ2) is 15.1. The molecule has 0 fully saturated rings. The van der Waals surface area contributed by atoms with Crippen LogP contribution < -0.4 is 14.2 Å². The van der Waals surface area contributed by atoms with Gasteiger partial charge in [-0.2, -0.15) is 0 Å². The number of rotatable bonds is 9. The van der Waals surface area contributed by atoms with Crippen molar-refractivity contribution >= 4 is 45.6 Å². The summed E-state index contributed by atoms with van der Waals surface area (Å²) in [6.07, 6.45) is 2.47. The number of aromatic hydroxyl groups is 1. The minimum atomic E-state index is -1.12. The number of hydrogen-bond acceptors (Lipinski definition) is 10. The zero-order valence-electron chi connectivity index (χ0n) is 30.3. The molecule has 13 heteroatoms. The van der Waals surface area contributed by atoms with Gasteiger partial charge in [-0.3, -0.25) is 9.59 Å². The van der Waals surface area contributed by atoms with Gasteiger partial charge in [0.2, 0.25) is 0 Å². The number of hydrogen-bond donors (Lipinski definition) is 2. The molecule has 0 radical (unpaired) electrons. The fraction of sp³-hybridized carbons (Fsp3) is 0.308. The lowest BCUT2D eigenvalue weighted by Crippen LogP contribution is -2.28. The van der Waals surface area contributed by atoms with Gasteiger partial charge < -0.3 is 29.2 Å². The number of carboxylic acid groups (broad SMARTS) is 1. The molecule has 0 heterocycles. The first kappa shape index (κ1) is 39.5. The summed E-state index contributed by atoms with van der Waals surface area (Å²) in [5.74, 6) is -5.62. The highest BCUT2D eigenvalue weighted by atomic mass is 79.9. The molecule has 11 nitrogen and oxygen atoms in total. The van der Waals surface area contributed by atoms with Crippen molar-refractivity contribution in [2.45, 2.75) is 69.0 Å². The second-order valence-electron chi connectivity index (χ2n) is 12.6. The van der Waals surface area contributed by atoms with Crippen molar-refractivity contribution in [1.29, 1.82) is 0 Å². The van der Waals surface area contributed by atoms with Crippen LogP contribution in [0.2, 0.25) is 0 Å². The molecule has 0 saturated carbocycles. The van der Waals surface area contributed by atoms with Gasteiger partial charge in [-0.05, 0) is 140 Å². The largest absolute Gasteiger partial charge is 0.506 e. The van der Waals surface area contributed by atoms with E-state index in [-0.39, 0.29) is 72.2 Å². The normalized spacial score (nSPS) is 14.0. The van der Waals surface area contributed by atoms with Crippen LogP contribution >= 0.6 is 15.9 Å². The lowest BCUT2D eigenvalue weighted by Gasteiger charge is -2.23. The molecule has 0 saturated heterocycles. The van der Waals surface area contributed by atoms with Gasteiger partial charge in [0.05, 0.1) is 18.2 Å². The molecule has 2 N–H and O–H groups in total. The van der Waals surface area contributed by atoms with E-state index in [9.17, 15) is 38.6 Å². The number of esters is 3. The van der Waals surface area contributed by atoms with E-state index in [2.05, 4.69) is 15.9 Å². The van der Waals surface area contributed by atoms with Crippen LogP contribution in [0.1, 0.15) is 88.1 Å². The number of ketones is 1. The standard InChI is InChI=1S/C39H38BrFO11/c1-15-11-24(42)13-27(49-10)29(15)38(47)52-35-22(8)19(5)31(33(43)32(35)40)39(48)50-26-12-16(2)28(25(14-41)23(26)9)37(46)51-34-20(6)17(3)30(36(44)45)18(4)21(34)7/h11-13,29,43H,14H2,1-10H3,(H,44,45). The first-order valence-corrected chi connectivity index (χ1v) is 16.8. The molecule has 4 rings (SSSR count). The number of phenols is 1. The number of halogens is 2. The van der Waals surface area contributed by atoms with Gasteiger partial charge in [0.25, 0.3) is 0 Å². The maximum absolute atomic E-state index is 14.7. The van der Waals surface area contributed by atoms with E-state index >= 15 is 0 Å². The Kier molecular flexibility index (Phi) is 11.5. The molecule has 0 spiro atoms. The zero-order chi connectivity index (χ0) is 39.1. The summed E-state index contributed by atoms with van der Waals surface area (Å²) in [6, 6.07) is 1.38. The molecule has 0 amide bonds. The smallest absolute Gasteiger partial charge is 0.347 e. The van der Waals surface area contributed by atoms with Crippen molar-refractivity contribution in [1.82, 2.24) is 0 Å². The number of phenolic OH excluding ortho intramolecular Hbond substituents is 1. The average Bonchev–Trinajstić information content (AvgIpc) is 3.07. The number of allylic oxidation sites excluding steroid dienone is 2. The molecule has 0 aromatic heterocycles. The van der Waals surface area contributed by atoms with E-state index in [0.29, 0.717) is 33.4 Å². The summed E-state index contributed by atoms with van der Waals surface area (Å²) in [6.45, 7) is 13.0. The Bertz CT molecular complexity index is 2100. The molecule has 3 aromatic carbocycles. The number of carbonyl (C=O) groups excluding carboxylic acids is 4. The third-order valence-corrected chi connectivity index (χ3v) is 10.3. The van der Waals surface area contributed by atoms with Crippen molar-refractivity contribution in [3.05, 3.63) is 101 Å². The number of carboxylic acids is 1. The Balaban J connectivity index is 1.68. The molecule has 0 bridgehead atoms. The Hall–Kier alpha value is -5.30. The van der Waals surface area contributed by atoms with E-state index in [1.807, 2.05) is 0 Å². The van der Waals surface area contributed by atoms with Gasteiger partial charge in [-0.1, -0.05) is 0 Å². The minimum absolute atomic E-state index is 0.0697. The van der Waals surface area contributed by atoms with Crippen LogP contribution in [-0.2, 0) is 21.0 Å². The van der Waals surface area contributed by atoms with Gasteiger partial charge in [0, 0.05) is 11.6 Å². The fourth-order valence-electron chi connectivity index (χ4n) is 6.28. The first-order valence-electron chi connectivity index (χ1n) is 16.0. The Labute approximate surface area is 308 Å². The van der Waals surface area contributed by atoms with Crippen LogP contribution in [0.25, 0.3) is 0 Å². The SMILES string of the molecule is COC1=CC(=O)C=C(C)C1C(=O)Oc1c(C)c(C)c(C(=O)Oc2cc(C)c(C(=O)Oc3c(C)c(C)c(C(=O)O)c(C)c3C)c(CF)c2C)c(O)c1Br. The van der Waals surface area contributed by atoms with Crippen LogP contribution in [0, 0.1) is 61.3 Å². The molecule has 1 aliphatic carbocycles. The number of alkyl halides is 1. The predicted octanol–water partition coefficient (Wildman–Crippen LogP) is 7.81. The van der Waals surface area contributed by atoms with Crippen LogP contribution in [0.3, 0.4) is 0 Å². The summed E-state index contributed by atoms with van der Waals surface area (Å²) in [5, 5.41) is 20.9. The topological polar surface area (TPSA) is 163 Å². The Morgan fingerprint density at radius 2 is 1.29 bits per heavy atom. The molecule has 52 heavy (non-hydrogen) atoms. The van der Waals surface area contributed by atoms with E-state index in [1.54, 1.807) is 41.5 Å². The molecule has 3 aromatic rings. The third-order valence-electron chi connectivity index (χ3n) is 9.57. The number of benzene rings is 3. The number of ether oxygens (including phenoxy) is 4. The molecule has 274 valence electrons. The van der Waals surface area contributed by atoms with Crippen molar-refractivity contribution in [3.8, 4) is 23.0 Å². The average molecular weight is 782 g/mol. The number of aryl methyl sites for hydroxylation is 1. The predicted molar refractivity (Wildman–Crippen MR) is 191 cm³/mol. The second-order valence-corrected chi connectivity index (χ2v) is 13.4. The highest BCUT2D eigenvalue weighted by Gasteiger charge is 2.34.